The van der Waals surface area contributed by atoms with Gasteiger partial charge in [-0.25, -0.2) is 18.7 Å². The number of hydrogen-bond acceptors (Lipinski definition) is 9. The molecule has 4 aromatic rings. The van der Waals surface area contributed by atoms with Crippen LogP contribution in [0.1, 0.15) is 76.1 Å². The van der Waals surface area contributed by atoms with Gasteiger partial charge in [-0.15, -0.1) is 0 Å². The molecule has 4 aromatic carbocycles. The summed E-state index contributed by atoms with van der Waals surface area (Å²) in [5.41, 5.74) is 9.23. The van der Waals surface area contributed by atoms with Crippen LogP contribution in [-0.2, 0) is 4.46 Å². The average Bonchev–Trinajstić information content (AvgIpc) is 3.36. The highest BCUT2D eigenvalue weighted by atomic mass is 28.3. The molecule has 2 N–H and O–H groups in total. The summed E-state index contributed by atoms with van der Waals surface area (Å²) in [5, 5.41) is 23.8. The van der Waals surface area contributed by atoms with Crippen molar-refractivity contribution in [2.24, 2.45) is 0 Å². The van der Waals surface area contributed by atoms with Crippen molar-refractivity contribution in [2.75, 3.05) is 62.2 Å². The Hall–Kier alpha value is -7.58. The molecule has 0 radical (unpaired) electrons. The highest BCUT2D eigenvalue weighted by Crippen LogP contribution is 2.43. The van der Waals surface area contributed by atoms with Crippen LogP contribution in [-0.4, -0.2) is 83.7 Å². The number of carboxylic acid groups (broad SMARTS) is 2. The Bertz CT molecular complexity index is 3010. The number of benzene rings is 6. The molecule has 8 rings (SSSR count). The van der Waals surface area contributed by atoms with Crippen LogP contribution in [0.15, 0.2) is 130 Å². The average molecular weight is 963 g/mol. The minimum Gasteiger partial charge on any atom is -0.672 e. The quantitative estimate of drug-likeness (QED) is 0.0610. The number of carboxylic acids is 2. The number of carbonyl (C=O) groups is 2. The lowest BCUT2D eigenvalue weighted by Gasteiger charge is -2.22. The molecule has 70 heavy (non-hydrogen) atoms. The van der Waals surface area contributed by atoms with E-state index in [9.17, 15) is 19.8 Å². The van der Waals surface area contributed by atoms with Gasteiger partial charge in [0.25, 0.3) is 0 Å². The third-order valence-corrected chi connectivity index (χ3v) is 12.7. The first-order valence-electron chi connectivity index (χ1n) is 24.0. The Morgan fingerprint density at radius 3 is 1.16 bits per heavy atom. The molecule has 2 aliphatic heterocycles. The molecule has 2 heterocycles. The predicted molar refractivity (Wildman–Crippen MR) is 277 cm³/mol. The lowest BCUT2D eigenvalue weighted by atomic mass is 9.90. The van der Waals surface area contributed by atoms with E-state index in [1.807, 2.05) is 24.3 Å². The minimum absolute atomic E-state index is 0.284. The second-order valence-electron chi connectivity index (χ2n) is 16.3. The van der Waals surface area contributed by atoms with Crippen LogP contribution >= 0.6 is 0 Å². The Kier molecular flexibility index (Phi) is 17.5. The van der Waals surface area contributed by atoms with E-state index in [4.69, 9.17) is 22.9 Å². The maximum Gasteiger partial charge on any atom is 0.336 e. The van der Waals surface area contributed by atoms with E-state index in [2.05, 4.69) is 147 Å². The van der Waals surface area contributed by atoms with E-state index in [0.717, 1.165) is 130 Å². The van der Waals surface area contributed by atoms with Crippen LogP contribution in [0.25, 0.3) is 66.8 Å². The van der Waals surface area contributed by atoms with Gasteiger partial charge in [0.1, 0.15) is 48.9 Å². The summed E-state index contributed by atoms with van der Waals surface area (Å²) in [5.74, 6) is -0.378. The standard InChI is InChI=1S/2C28H30N2O3.O3Si/c2*1-5-29(6-2)19-13-15-23-25(17-19)33-26-18-20(30(7-3)8-4)14-16-24(26)27(23)21-11-9-10-12-22(21)28(31)32;1-4(2)3/h2*9-18H,5-8H2,1-4H3;/q;;-2/p+2. The zero-order valence-corrected chi connectivity index (χ0v) is 42.2. The van der Waals surface area contributed by atoms with Crippen molar-refractivity contribution in [1.82, 2.24) is 9.15 Å². The fraction of sp³-hybridized carbons (Fsp3) is 0.286. The smallest absolute Gasteiger partial charge is 0.336 e. The summed E-state index contributed by atoms with van der Waals surface area (Å²) < 4.78 is 26.0. The Labute approximate surface area is 410 Å². The lowest BCUT2D eigenvalue weighted by Crippen LogP contribution is -2.34. The van der Waals surface area contributed by atoms with Gasteiger partial charge in [0.15, 0.2) is 0 Å². The molecule has 0 unspecified atom stereocenters. The fourth-order valence-electron chi connectivity index (χ4n) is 9.23. The van der Waals surface area contributed by atoms with Gasteiger partial charge in [0.2, 0.25) is 10.7 Å². The molecule has 0 saturated heterocycles. The van der Waals surface area contributed by atoms with Crippen molar-refractivity contribution < 1.29 is 42.7 Å². The van der Waals surface area contributed by atoms with E-state index in [1.165, 1.54) is 0 Å². The van der Waals surface area contributed by atoms with E-state index in [-0.39, 0.29) is 11.1 Å². The van der Waals surface area contributed by atoms with Gasteiger partial charge in [0, 0.05) is 104 Å². The Balaban J connectivity index is 0.000000213. The molecule has 0 atom stereocenters. The third kappa shape index (κ3) is 11.1. The molecule has 13 nitrogen and oxygen atoms in total. The maximum absolute atomic E-state index is 12.1. The van der Waals surface area contributed by atoms with E-state index in [0.29, 0.717) is 11.1 Å². The SMILES string of the molecule is CCN(CC)c1ccc2c(-c3ccccc3C(=O)O)c3ccc(=[N+](CC)CC)cc-3oc2c1.CCN(CC)c1ccc2c(-c3ccccc3C(=O)O)c3ccc(=[N+](CC)CC)cc-3oc2c1.O=[Si]([O-])[O-]. The Morgan fingerprint density at radius 2 is 0.843 bits per heavy atom. The summed E-state index contributed by atoms with van der Waals surface area (Å²) in [7, 11) is -3.63. The molecule has 14 heteroatoms. The molecular weight excluding hydrogens is 901 g/mol. The molecule has 0 amide bonds. The largest absolute Gasteiger partial charge is 0.672 e. The highest BCUT2D eigenvalue weighted by Gasteiger charge is 2.24. The monoisotopic (exact) mass is 962 g/mol. The van der Waals surface area contributed by atoms with Crippen LogP contribution in [0.5, 0.6) is 0 Å². The van der Waals surface area contributed by atoms with Gasteiger partial charge < -0.3 is 42.9 Å². The van der Waals surface area contributed by atoms with E-state index < -0.39 is 21.1 Å². The summed E-state index contributed by atoms with van der Waals surface area (Å²) in [6.07, 6.45) is 0. The van der Waals surface area contributed by atoms with Gasteiger partial charge in [-0.2, -0.15) is 0 Å². The molecular formula is C56H62N4O9Si. The zero-order valence-electron chi connectivity index (χ0n) is 41.2. The topological polar surface area (TPSA) is 177 Å². The molecule has 4 aliphatic rings. The number of rotatable bonds is 14. The second kappa shape index (κ2) is 23.6. The predicted octanol–water partition coefficient (Wildman–Crippen LogP) is 8.24. The zero-order chi connectivity index (χ0) is 50.6. The van der Waals surface area contributed by atoms with Crippen LogP contribution < -0.4 is 39.3 Å². The van der Waals surface area contributed by atoms with Crippen molar-refractivity contribution >= 4 is 54.4 Å². The van der Waals surface area contributed by atoms with Gasteiger partial charge in [-0.1, -0.05) is 36.4 Å². The Morgan fingerprint density at radius 1 is 0.500 bits per heavy atom. The van der Waals surface area contributed by atoms with Crippen molar-refractivity contribution in [3.63, 3.8) is 0 Å². The molecule has 0 aromatic heterocycles. The maximum atomic E-state index is 12.1. The van der Waals surface area contributed by atoms with Gasteiger partial charge in [-0.3, -0.25) is 0 Å². The van der Waals surface area contributed by atoms with Crippen molar-refractivity contribution in [3.05, 3.63) is 143 Å². The van der Waals surface area contributed by atoms with Gasteiger partial charge in [0.05, 0.1) is 23.3 Å². The highest BCUT2D eigenvalue weighted by molar-refractivity contribution is 6.17. The van der Waals surface area contributed by atoms with E-state index >= 15 is 0 Å². The molecule has 0 spiro atoms. The van der Waals surface area contributed by atoms with Gasteiger partial charge in [-0.05, 0) is 115 Å². The number of aromatic carboxylic acids is 2. The van der Waals surface area contributed by atoms with Gasteiger partial charge >= 0.3 is 11.9 Å². The first kappa shape index (κ1) is 51.8. The third-order valence-electron chi connectivity index (χ3n) is 12.7. The summed E-state index contributed by atoms with van der Waals surface area (Å²) in [6.45, 7) is 24.3. The van der Waals surface area contributed by atoms with E-state index in [1.54, 1.807) is 24.3 Å². The van der Waals surface area contributed by atoms with Crippen LogP contribution in [0.3, 0.4) is 0 Å². The normalized spacial score (nSPS) is 10.9. The minimum atomic E-state index is -3.63. The summed E-state index contributed by atoms with van der Waals surface area (Å²) in [6, 6.07) is 39.2. The second-order valence-corrected chi connectivity index (χ2v) is 16.8. The van der Waals surface area contributed by atoms with Crippen LogP contribution in [0.2, 0.25) is 0 Å². The first-order valence-corrected chi connectivity index (χ1v) is 25.2. The van der Waals surface area contributed by atoms with Crippen molar-refractivity contribution in [2.45, 2.75) is 55.4 Å². The van der Waals surface area contributed by atoms with Crippen molar-refractivity contribution in [3.8, 4) is 44.9 Å². The fourth-order valence-corrected chi connectivity index (χ4v) is 9.23. The molecule has 0 bridgehead atoms. The molecule has 364 valence electrons. The number of nitrogens with zero attached hydrogens (tertiary/aromatic N) is 4. The first-order chi connectivity index (χ1) is 33.8. The summed E-state index contributed by atoms with van der Waals surface area (Å²) >= 11 is 0. The number of hydrogen-bond donors (Lipinski definition) is 2. The number of fused-ring (bicyclic) bond motifs is 4. The molecule has 0 fully saturated rings. The molecule has 2 aliphatic carbocycles. The van der Waals surface area contributed by atoms with Crippen molar-refractivity contribution in [1.29, 1.82) is 0 Å². The van der Waals surface area contributed by atoms with Crippen LogP contribution in [0.4, 0.5) is 11.4 Å². The summed E-state index contributed by atoms with van der Waals surface area (Å²) in [4.78, 5) is 45.7. The lowest BCUT2D eigenvalue weighted by molar-refractivity contribution is -0.354. The number of anilines is 2. The molecule has 0 saturated carbocycles. The van der Waals surface area contributed by atoms with Crippen LogP contribution in [0, 0.1) is 0 Å².